The average molecular weight is 262 g/mol. The van der Waals surface area contributed by atoms with E-state index in [2.05, 4.69) is 65.0 Å². The van der Waals surface area contributed by atoms with Crippen LogP contribution in [-0.4, -0.2) is 0 Å². The molecule has 2 aromatic rings. The summed E-state index contributed by atoms with van der Waals surface area (Å²) < 4.78 is 0. The fraction of sp³-hybridized carbons (Fsp3) is 0.300. The van der Waals surface area contributed by atoms with Crippen LogP contribution in [-0.2, 0) is 6.42 Å². The van der Waals surface area contributed by atoms with Gasteiger partial charge in [-0.1, -0.05) is 30.3 Å². The lowest BCUT2D eigenvalue weighted by molar-refractivity contribution is 1.16. The fourth-order valence-electron chi connectivity index (χ4n) is 3.42. The number of benzene rings is 2. The van der Waals surface area contributed by atoms with Gasteiger partial charge in [-0.25, -0.2) is 0 Å². The number of fused-ring (bicyclic) bond motifs is 1. The van der Waals surface area contributed by atoms with Crippen molar-refractivity contribution in [3.05, 3.63) is 74.8 Å². The van der Waals surface area contributed by atoms with Crippen LogP contribution in [0.25, 0.3) is 5.57 Å². The molecule has 0 N–H and O–H groups in total. The molecule has 0 atom stereocenters. The average Bonchev–Trinajstić information content (AvgIpc) is 2.87. The van der Waals surface area contributed by atoms with Crippen molar-refractivity contribution in [1.29, 1.82) is 0 Å². The molecule has 0 heterocycles. The largest absolute Gasteiger partial charge is 0.0716 e. The predicted molar refractivity (Wildman–Crippen MR) is 87.4 cm³/mol. The number of hydrogen-bond donors (Lipinski definition) is 0. The van der Waals surface area contributed by atoms with Crippen LogP contribution in [0.3, 0.4) is 0 Å². The third kappa shape index (κ3) is 1.75. The van der Waals surface area contributed by atoms with Crippen LogP contribution in [0.2, 0.25) is 0 Å². The normalized spacial score (nSPS) is 13.3. The summed E-state index contributed by atoms with van der Waals surface area (Å²) in [5.74, 6) is 0. The summed E-state index contributed by atoms with van der Waals surface area (Å²) in [5, 5.41) is 0. The maximum Gasteiger partial charge on any atom is -0.00819 e. The molecular weight excluding hydrogens is 240 g/mol. The van der Waals surface area contributed by atoms with Gasteiger partial charge in [0.05, 0.1) is 0 Å². The molecule has 1 aliphatic carbocycles. The first-order valence-corrected chi connectivity index (χ1v) is 7.38. The summed E-state index contributed by atoms with van der Waals surface area (Å²) in [6, 6.07) is 8.80. The van der Waals surface area contributed by atoms with Gasteiger partial charge in [0, 0.05) is 0 Å². The summed E-state index contributed by atoms with van der Waals surface area (Å²) in [6.07, 6.45) is 3.46. The van der Waals surface area contributed by atoms with Gasteiger partial charge >= 0.3 is 0 Å². The van der Waals surface area contributed by atoms with E-state index in [1.807, 2.05) is 0 Å². The first kappa shape index (κ1) is 13.2. The van der Waals surface area contributed by atoms with Crippen LogP contribution in [0.15, 0.2) is 30.3 Å². The van der Waals surface area contributed by atoms with Crippen LogP contribution in [0, 0.1) is 34.6 Å². The highest BCUT2D eigenvalue weighted by atomic mass is 14.2. The van der Waals surface area contributed by atoms with Gasteiger partial charge in [0.2, 0.25) is 0 Å². The lowest BCUT2D eigenvalue weighted by Gasteiger charge is -2.20. The molecule has 20 heavy (non-hydrogen) atoms. The molecule has 0 unspecified atom stereocenters. The van der Waals surface area contributed by atoms with Crippen LogP contribution in [0.5, 0.6) is 0 Å². The summed E-state index contributed by atoms with van der Waals surface area (Å²) in [7, 11) is 0. The van der Waals surface area contributed by atoms with Gasteiger partial charge in [0.25, 0.3) is 0 Å². The van der Waals surface area contributed by atoms with Crippen molar-refractivity contribution in [3.8, 4) is 0 Å². The molecular formula is C20H22. The monoisotopic (exact) mass is 262 g/mol. The Labute approximate surface area is 122 Å². The summed E-state index contributed by atoms with van der Waals surface area (Å²) >= 11 is 0. The molecule has 1 aliphatic rings. The second-order valence-electron chi connectivity index (χ2n) is 5.98. The molecule has 0 saturated heterocycles. The van der Waals surface area contributed by atoms with Crippen molar-refractivity contribution in [3.63, 3.8) is 0 Å². The molecule has 0 spiro atoms. The van der Waals surface area contributed by atoms with Gasteiger partial charge in [0.15, 0.2) is 0 Å². The Morgan fingerprint density at radius 3 is 1.90 bits per heavy atom. The summed E-state index contributed by atoms with van der Waals surface area (Å²) in [6.45, 7) is 11.3. The Balaban J connectivity index is 2.28. The topological polar surface area (TPSA) is 0 Å². The molecule has 2 aromatic carbocycles. The molecule has 3 rings (SSSR count). The van der Waals surface area contributed by atoms with Gasteiger partial charge < -0.3 is 0 Å². The van der Waals surface area contributed by atoms with E-state index < -0.39 is 0 Å². The van der Waals surface area contributed by atoms with E-state index in [9.17, 15) is 0 Å². The third-order valence-electron chi connectivity index (χ3n) is 5.10. The minimum atomic E-state index is 1.07. The fourth-order valence-corrected chi connectivity index (χ4v) is 3.42. The standard InChI is InChI=1S/C20H22/c1-12-13(2)15(4)20(16(5)14(12)3)19-11-10-17-8-6-7-9-18(17)19/h6-9,11H,10H2,1-5H3. The zero-order valence-electron chi connectivity index (χ0n) is 13.1. The van der Waals surface area contributed by atoms with Gasteiger partial charge in [-0.05, 0) is 91.1 Å². The van der Waals surface area contributed by atoms with Crippen molar-refractivity contribution in [1.82, 2.24) is 0 Å². The van der Waals surface area contributed by atoms with Gasteiger partial charge in [-0.2, -0.15) is 0 Å². The molecule has 0 aliphatic heterocycles. The summed E-state index contributed by atoms with van der Waals surface area (Å²) in [5.41, 5.74) is 13.0. The Bertz CT molecular complexity index is 701. The maximum absolute atomic E-state index is 2.40. The Morgan fingerprint density at radius 2 is 1.25 bits per heavy atom. The van der Waals surface area contributed by atoms with E-state index in [0.29, 0.717) is 0 Å². The van der Waals surface area contributed by atoms with Gasteiger partial charge in [-0.15, -0.1) is 0 Å². The van der Waals surface area contributed by atoms with Crippen molar-refractivity contribution in [2.24, 2.45) is 0 Å². The van der Waals surface area contributed by atoms with Crippen LogP contribution in [0.1, 0.15) is 44.5 Å². The van der Waals surface area contributed by atoms with Crippen molar-refractivity contribution < 1.29 is 0 Å². The molecule has 0 amide bonds. The molecule has 0 saturated carbocycles. The van der Waals surface area contributed by atoms with E-state index in [1.54, 1.807) is 0 Å². The van der Waals surface area contributed by atoms with E-state index in [1.165, 1.54) is 50.1 Å². The minimum absolute atomic E-state index is 1.07. The lowest BCUT2D eigenvalue weighted by atomic mass is 9.84. The highest BCUT2D eigenvalue weighted by molar-refractivity contribution is 5.88. The van der Waals surface area contributed by atoms with Crippen molar-refractivity contribution in [2.45, 2.75) is 41.0 Å². The van der Waals surface area contributed by atoms with E-state index in [4.69, 9.17) is 0 Å². The van der Waals surface area contributed by atoms with Crippen LogP contribution >= 0.6 is 0 Å². The Kier molecular flexibility index (Phi) is 3.05. The molecule has 0 bridgehead atoms. The predicted octanol–water partition coefficient (Wildman–Crippen LogP) is 5.22. The number of rotatable bonds is 1. The second-order valence-corrected chi connectivity index (χ2v) is 5.98. The molecule has 0 nitrogen and oxygen atoms in total. The third-order valence-corrected chi connectivity index (χ3v) is 5.10. The van der Waals surface area contributed by atoms with Crippen LogP contribution in [0.4, 0.5) is 0 Å². The van der Waals surface area contributed by atoms with Gasteiger partial charge in [-0.3, -0.25) is 0 Å². The van der Waals surface area contributed by atoms with Crippen molar-refractivity contribution in [2.75, 3.05) is 0 Å². The first-order valence-electron chi connectivity index (χ1n) is 7.38. The zero-order chi connectivity index (χ0) is 14.4. The lowest BCUT2D eigenvalue weighted by Crippen LogP contribution is -2.02. The quantitative estimate of drug-likeness (QED) is 0.661. The Hall–Kier alpha value is -1.82. The molecule has 0 radical (unpaired) electrons. The Morgan fingerprint density at radius 1 is 0.700 bits per heavy atom. The molecule has 0 fully saturated rings. The number of allylic oxidation sites excluding steroid dienone is 1. The smallest absolute Gasteiger partial charge is 0.00819 e. The van der Waals surface area contributed by atoms with Gasteiger partial charge in [0.1, 0.15) is 0 Å². The van der Waals surface area contributed by atoms with Crippen LogP contribution < -0.4 is 0 Å². The molecule has 0 aromatic heterocycles. The highest BCUT2D eigenvalue weighted by Gasteiger charge is 2.20. The highest BCUT2D eigenvalue weighted by Crippen LogP contribution is 2.38. The maximum atomic E-state index is 2.40. The SMILES string of the molecule is Cc1c(C)c(C)c(C2=CCc3ccccc32)c(C)c1C. The van der Waals surface area contributed by atoms with E-state index in [-0.39, 0.29) is 0 Å². The molecule has 0 heteroatoms. The minimum Gasteiger partial charge on any atom is -0.0716 e. The summed E-state index contributed by atoms with van der Waals surface area (Å²) in [4.78, 5) is 0. The molecule has 102 valence electrons. The number of hydrogen-bond acceptors (Lipinski definition) is 0. The zero-order valence-corrected chi connectivity index (χ0v) is 13.1. The first-order chi connectivity index (χ1) is 9.52. The van der Waals surface area contributed by atoms with E-state index in [0.717, 1.165) is 6.42 Å². The second kappa shape index (κ2) is 4.63. The van der Waals surface area contributed by atoms with E-state index >= 15 is 0 Å². The van der Waals surface area contributed by atoms with Crippen molar-refractivity contribution >= 4 is 5.57 Å².